The molecule has 0 fully saturated rings. The smallest absolute Gasteiger partial charge is 0.161 e. The summed E-state index contributed by atoms with van der Waals surface area (Å²) in [5, 5.41) is 3.35. The molecule has 0 aromatic heterocycles. The molecule has 0 heterocycles. The van der Waals surface area contributed by atoms with Gasteiger partial charge in [-0.3, -0.25) is 0 Å². The fraction of sp³-hybridized carbons (Fsp3) is 0.647. The third kappa shape index (κ3) is 4.61. The molecule has 0 amide bonds. The first-order valence-corrected chi connectivity index (χ1v) is 7.68. The van der Waals surface area contributed by atoms with E-state index in [2.05, 4.69) is 25.2 Å². The summed E-state index contributed by atoms with van der Waals surface area (Å²) in [7, 11) is 3.71. The van der Waals surface area contributed by atoms with Crippen molar-refractivity contribution in [1.29, 1.82) is 0 Å². The second kappa shape index (κ2) is 8.90. The Morgan fingerprint density at radius 3 is 2.14 bits per heavy atom. The van der Waals surface area contributed by atoms with Gasteiger partial charge in [0.2, 0.25) is 0 Å². The molecule has 0 aliphatic rings. The molecule has 1 N–H and O–H groups in total. The van der Waals surface area contributed by atoms with Crippen molar-refractivity contribution in [1.82, 2.24) is 5.32 Å². The van der Waals surface area contributed by atoms with Gasteiger partial charge < -0.3 is 19.5 Å². The lowest BCUT2D eigenvalue weighted by molar-refractivity contribution is 0.0347. The van der Waals surface area contributed by atoms with E-state index in [1.807, 2.05) is 33.0 Å². The molecule has 4 heteroatoms. The summed E-state index contributed by atoms with van der Waals surface area (Å²) >= 11 is 0. The van der Waals surface area contributed by atoms with Crippen LogP contribution in [0.15, 0.2) is 18.2 Å². The second-order valence-electron chi connectivity index (χ2n) is 5.28. The zero-order valence-corrected chi connectivity index (χ0v) is 14.1. The summed E-state index contributed by atoms with van der Waals surface area (Å²) in [5.41, 5.74) is 1.14. The molecule has 0 saturated carbocycles. The average molecular weight is 295 g/mol. The normalized spacial score (nSPS) is 14.0. The average Bonchev–Trinajstić information content (AvgIpc) is 2.46. The first-order chi connectivity index (χ1) is 10.1. The van der Waals surface area contributed by atoms with Gasteiger partial charge in [0.15, 0.2) is 11.5 Å². The van der Waals surface area contributed by atoms with Gasteiger partial charge >= 0.3 is 0 Å². The van der Waals surface area contributed by atoms with E-state index >= 15 is 0 Å². The van der Waals surface area contributed by atoms with Gasteiger partial charge in [-0.2, -0.15) is 0 Å². The highest BCUT2D eigenvalue weighted by atomic mass is 16.5. The summed E-state index contributed by atoms with van der Waals surface area (Å²) < 4.78 is 17.0. The van der Waals surface area contributed by atoms with E-state index in [1.165, 1.54) is 0 Å². The molecule has 1 aromatic carbocycles. The second-order valence-corrected chi connectivity index (χ2v) is 5.28. The molecule has 0 spiro atoms. The molecule has 2 unspecified atom stereocenters. The van der Waals surface area contributed by atoms with Gasteiger partial charge in [0.1, 0.15) is 0 Å². The zero-order valence-electron chi connectivity index (χ0n) is 14.1. The number of methoxy groups -OCH3 is 1. The minimum absolute atomic E-state index is 0.0995. The van der Waals surface area contributed by atoms with Crippen LogP contribution in [0.5, 0.6) is 11.5 Å². The minimum Gasteiger partial charge on any atom is -0.490 e. The number of benzene rings is 1. The fourth-order valence-electron chi connectivity index (χ4n) is 2.57. The number of likely N-dealkylation sites (N-methyl/N-ethyl adjacent to an activating group) is 1. The number of hydrogen-bond donors (Lipinski definition) is 1. The van der Waals surface area contributed by atoms with Crippen LogP contribution < -0.4 is 14.8 Å². The summed E-state index contributed by atoms with van der Waals surface area (Å²) in [6.45, 7) is 9.52. The predicted octanol–water partition coefficient (Wildman–Crippen LogP) is 3.42. The van der Waals surface area contributed by atoms with Crippen molar-refractivity contribution in [3.63, 3.8) is 0 Å². The van der Waals surface area contributed by atoms with Gasteiger partial charge in [-0.05, 0) is 44.5 Å². The Labute approximate surface area is 128 Å². The molecular formula is C17H29NO3. The lowest BCUT2D eigenvalue weighted by Gasteiger charge is -2.29. The summed E-state index contributed by atoms with van der Waals surface area (Å²) in [5.74, 6) is 1.99. The standard InChI is InChI=1S/C17H29NO3/c1-7-20-14-10-9-13(11-15(14)21-8-2)16(18-5)17(19-6)12(3)4/h9-12,16-18H,7-8H2,1-6H3. The molecule has 120 valence electrons. The minimum atomic E-state index is 0.0995. The third-order valence-electron chi connectivity index (χ3n) is 3.50. The number of hydrogen-bond acceptors (Lipinski definition) is 4. The Bertz CT molecular complexity index is 420. The van der Waals surface area contributed by atoms with Crippen molar-refractivity contribution >= 4 is 0 Å². The van der Waals surface area contributed by atoms with Crippen LogP contribution in [0.25, 0.3) is 0 Å². The van der Waals surface area contributed by atoms with E-state index in [0.29, 0.717) is 19.1 Å². The first kappa shape index (κ1) is 17.8. The van der Waals surface area contributed by atoms with Crippen LogP contribution in [0.2, 0.25) is 0 Å². The quantitative estimate of drug-likeness (QED) is 0.758. The predicted molar refractivity (Wildman–Crippen MR) is 86.2 cm³/mol. The Morgan fingerprint density at radius 2 is 1.67 bits per heavy atom. The van der Waals surface area contributed by atoms with Crippen LogP contribution >= 0.6 is 0 Å². The van der Waals surface area contributed by atoms with E-state index in [0.717, 1.165) is 17.1 Å². The van der Waals surface area contributed by atoms with Gasteiger partial charge in [0.25, 0.3) is 0 Å². The van der Waals surface area contributed by atoms with E-state index in [-0.39, 0.29) is 12.1 Å². The molecule has 0 saturated heterocycles. The summed E-state index contributed by atoms with van der Waals surface area (Å²) in [4.78, 5) is 0. The lowest BCUT2D eigenvalue weighted by atomic mass is 9.93. The highest BCUT2D eigenvalue weighted by Crippen LogP contribution is 2.33. The van der Waals surface area contributed by atoms with Crippen molar-refractivity contribution < 1.29 is 14.2 Å². The Kier molecular flexibility index (Phi) is 7.54. The van der Waals surface area contributed by atoms with Crippen molar-refractivity contribution in [2.75, 3.05) is 27.4 Å². The fourth-order valence-corrected chi connectivity index (χ4v) is 2.57. The van der Waals surface area contributed by atoms with Crippen LogP contribution in [0.1, 0.15) is 39.3 Å². The Hall–Kier alpha value is -1.26. The SMILES string of the molecule is CCOc1ccc(C(NC)C(OC)C(C)C)cc1OCC. The zero-order chi connectivity index (χ0) is 15.8. The van der Waals surface area contributed by atoms with Gasteiger partial charge in [-0.15, -0.1) is 0 Å². The number of rotatable bonds is 9. The highest BCUT2D eigenvalue weighted by molar-refractivity contribution is 5.44. The van der Waals surface area contributed by atoms with Crippen LogP contribution in [-0.2, 0) is 4.74 Å². The van der Waals surface area contributed by atoms with Crippen molar-refractivity contribution in [2.24, 2.45) is 5.92 Å². The van der Waals surface area contributed by atoms with Crippen molar-refractivity contribution in [2.45, 2.75) is 39.8 Å². The summed E-state index contributed by atoms with van der Waals surface area (Å²) in [6.07, 6.45) is 0.0995. The largest absolute Gasteiger partial charge is 0.490 e. The lowest BCUT2D eigenvalue weighted by Crippen LogP contribution is -2.34. The van der Waals surface area contributed by atoms with Crippen molar-refractivity contribution in [3.8, 4) is 11.5 Å². The van der Waals surface area contributed by atoms with Crippen LogP contribution in [0, 0.1) is 5.92 Å². The molecule has 2 atom stereocenters. The third-order valence-corrected chi connectivity index (χ3v) is 3.50. The van der Waals surface area contributed by atoms with Gasteiger partial charge in [-0.25, -0.2) is 0 Å². The monoisotopic (exact) mass is 295 g/mol. The maximum atomic E-state index is 5.71. The number of nitrogens with one attached hydrogen (secondary N) is 1. The molecule has 0 radical (unpaired) electrons. The summed E-state index contributed by atoms with van der Waals surface area (Å²) in [6, 6.07) is 6.21. The maximum absolute atomic E-state index is 5.71. The van der Waals surface area contributed by atoms with Gasteiger partial charge in [-0.1, -0.05) is 19.9 Å². The molecule has 0 aliphatic heterocycles. The van der Waals surface area contributed by atoms with Crippen molar-refractivity contribution in [3.05, 3.63) is 23.8 Å². The van der Waals surface area contributed by atoms with E-state index < -0.39 is 0 Å². The molecular weight excluding hydrogens is 266 g/mol. The van der Waals surface area contributed by atoms with E-state index in [4.69, 9.17) is 14.2 Å². The maximum Gasteiger partial charge on any atom is 0.161 e. The Balaban J connectivity index is 3.12. The molecule has 1 aromatic rings. The molecule has 0 bridgehead atoms. The Morgan fingerprint density at radius 1 is 1.05 bits per heavy atom. The van der Waals surface area contributed by atoms with E-state index in [1.54, 1.807) is 7.11 Å². The van der Waals surface area contributed by atoms with Crippen LogP contribution in [0.3, 0.4) is 0 Å². The van der Waals surface area contributed by atoms with Crippen LogP contribution in [-0.4, -0.2) is 33.5 Å². The first-order valence-electron chi connectivity index (χ1n) is 7.68. The molecule has 0 aliphatic carbocycles. The number of ether oxygens (including phenoxy) is 3. The van der Waals surface area contributed by atoms with Gasteiger partial charge in [0.05, 0.1) is 25.4 Å². The molecule has 21 heavy (non-hydrogen) atoms. The van der Waals surface area contributed by atoms with Gasteiger partial charge in [0, 0.05) is 7.11 Å². The molecule has 1 rings (SSSR count). The highest BCUT2D eigenvalue weighted by Gasteiger charge is 2.25. The van der Waals surface area contributed by atoms with Crippen LogP contribution in [0.4, 0.5) is 0 Å². The topological polar surface area (TPSA) is 39.7 Å². The van der Waals surface area contributed by atoms with E-state index in [9.17, 15) is 0 Å². The molecule has 4 nitrogen and oxygen atoms in total.